The number of fused-ring (bicyclic) bond motifs is 5. The van der Waals surface area contributed by atoms with E-state index in [2.05, 4.69) is 60.7 Å². The van der Waals surface area contributed by atoms with Crippen LogP contribution in [0.3, 0.4) is 0 Å². The zero-order valence-electron chi connectivity index (χ0n) is 9.77. The lowest BCUT2D eigenvalue weighted by Gasteiger charge is -2.06. The molecule has 0 heterocycles. The molecule has 0 unspecified atom stereocenters. The fourth-order valence-corrected chi connectivity index (χ4v) is 2.62. The molecule has 0 nitrogen and oxygen atoms in total. The normalized spacial score (nSPS) is 11.3. The van der Waals surface area contributed by atoms with Crippen LogP contribution in [0.2, 0.25) is 0 Å². The van der Waals surface area contributed by atoms with Crippen LogP contribution in [-0.2, 0) is 0 Å². The van der Waals surface area contributed by atoms with Crippen molar-refractivity contribution in [2.75, 3.05) is 0 Å². The zero-order valence-corrected chi connectivity index (χ0v) is 9.77. The van der Waals surface area contributed by atoms with Gasteiger partial charge in [0.25, 0.3) is 0 Å². The Hall–Kier alpha value is -2.34. The number of rotatable bonds is 0. The molecule has 0 heteroatoms. The summed E-state index contributed by atoms with van der Waals surface area (Å²) in [5, 5.41) is 7.40. The first-order valence-electron chi connectivity index (χ1n) is 6.06. The molecule has 18 heavy (non-hydrogen) atoms. The summed E-state index contributed by atoms with van der Waals surface area (Å²) in [4.78, 5) is 0. The summed E-state index contributed by atoms with van der Waals surface area (Å²) >= 11 is 0. The van der Waals surface area contributed by atoms with Crippen LogP contribution < -0.4 is 0 Å². The van der Waals surface area contributed by atoms with Crippen LogP contribution >= 0.6 is 0 Å². The first-order chi connectivity index (χ1) is 8.93. The summed E-state index contributed by atoms with van der Waals surface area (Å²) in [5.41, 5.74) is 0. The average Bonchev–Trinajstić information content (AvgIpc) is 2.46. The molecule has 0 saturated carbocycles. The van der Waals surface area contributed by atoms with Crippen LogP contribution in [-0.4, -0.2) is 0 Å². The van der Waals surface area contributed by atoms with E-state index in [0.29, 0.717) is 0 Å². The SMILES string of the molecule is [c]1cc[c]c2c1ccc1c3ccccc3ccc21. The lowest BCUT2D eigenvalue weighted by atomic mass is 9.97. The molecule has 0 fully saturated rings. The van der Waals surface area contributed by atoms with Gasteiger partial charge >= 0.3 is 0 Å². The van der Waals surface area contributed by atoms with Crippen molar-refractivity contribution in [1.29, 1.82) is 0 Å². The number of hydrogen-bond acceptors (Lipinski definition) is 0. The maximum absolute atomic E-state index is 3.33. The van der Waals surface area contributed by atoms with Crippen LogP contribution in [0, 0.1) is 12.1 Å². The second kappa shape index (κ2) is 3.58. The minimum atomic E-state index is 1.13. The molecule has 0 amide bonds. The van der Waals surface area contributed by atoms with Crippen LogP contribution in [0.5, 0.6) is 0 Å². The maximum Gasteiger partial charge on any atom is -0.00201 e. The summed E-state index contributed by atoms with van der Waals surface area (Å²) in [6.07, 6.45) is 0. The molecule has 0 aliphatic heterocycles. The predicted molar refractivity (Wildman–Crippen MR) is 76.6 cm³/mol. The highest BCUT2D eigenvalue weighted by atomic mass is 14.1. The van der Waals surface area contributed by atoms with Gasteiger partial charge in [0.1, 0.15) is 0 Å². The van der Waals surface area contributed by atoms with Gasteiger partial charge in [0.2, 0.25) is 0 Å². The van der Waals surface area contributed by atoms with Gasteiger partial charge in [0.15, 0.2) is 0 Å². The number of benzene rings is 4. The van der Waals surface area contributed by atoms with Gasteiger partial charge in [0, 0.05) is 0 Å². The van der Waals surface area contributed by atoms with Gasteiger partial charge in [-0.3, -0.25) is 0 Å². The summed E-state index contributed by atoms with van der Waals surface area (Å²) in [7, 11) is 0. The van der Waals surface area contributed by atoms with Crippen LogP contribution in [0.25, 0.3) is 32.3 Å². The second-order valence-electron chi connectivity index (χ2n) is 4.49. The van der Waals surface area contributed by atoms with Crippen molar-refractivity contribution in [2.45, 2.75) is 0 Å². The summed E-state index contributed by atoms with van der Waals surface area (Å²) < 4.78 is 0. The van der Waals surface area contributed by atoms with Crippen molar-refractivity contribution < 1.29 is 0 Å². The monoisotopic (exact) mass is 226 g/mol. The molecule has 0 atom stereocenters. The highest BCUT2D eigenvalue weighted by Crippen LogP contribution is 2.30. The Morgan fingerprint density at radius 1 is 0.611 bits per heavy atom. The van der Waals surface area contributed by atoms with Gasteiger partial charge in [-0.05, 0) is 44.5 Å². The standard InChI is InChI=1S/C18H10/c1-3-7-15-13(5-1)9-11-18-16-8-4-2-6-14(16)10-12-17(15)18/h1-5,7,9-12H. The van der Waals surface area contributed by atoms with Gasteiger partial charge in [-0.1, -0.05) is 60.7 Å². The minimum absolute atomic E-state index is 1.13. The largest absolute Gasteiger partial charge is 0.0616 e. The molecular formula is C18H10. The molecule has 4 aromatic carbocycles. The van der Waals surface area contributed by atoms with E-state index in [9.17, 15) is 0 Å². The fraction of sp³-hybridized carbons (Fsp3) is 0. The Balaban J connectivity index is 2.31. The molecular weight excluding hydrogens is 216 g/mol. The Morgan fingerprint density at radius 3 is 2.44 bits per heavy atom. The van der Waals surface area contributed by atoms with E-state index in [1.165, 1.54) is 21.5 Å². The van der Waals surface area contributed by atoms with Gasteiger partial charge in [-0.15, -0.1) is 0 Å². The zero-order chi connectivity index (χ0) is 11.9. The summed E-state index contributed by atoms with van der Waals surface area (Å²) in [6, 6.07) is 27.6. The smallest absolute Gasteiger partial charge is 0.00201 e. The third-order valence-corrected chi connectivity index (χ3v) is 3.48. The Kier molecular flexibility index (Phi) is 1.92. The van der Waals surface area contributed by atoms with E-state index >= 15 is 0 Å². The first kappa shape index (κ1) is 9.67. The molecule has 0 bridgehead atoms. The van der Waals surface area contributed by atoms with Crippen LogP contribution in [0.1, 0.15) is 0 Å². The topological polar surface area (TPSA) is 0 Å². The van der Waals surface area contributed by atoms with E-state index in [0.717, 1.165) is 10.8 Å². The quantitative estimate of drug-likeness (QED) is 0.380. The highest BCUT2D eigenvalue weighted by Gasteiger charge is 2.03. The average molecular weight is 226 g/mol. The second-order valence-corrected chi connectivity index (χ2v) is 4.49. The molecule has 82 valence electrons. The Morgan fingerprint density at radius 2 is 1.44 bits per heavy atom. The molecule has 0 N–H and O–H groups in total. The van der Waals surface area contributed by atoms with E-state index in [1.807, 2.05) is 12.1 Å². The predicted octanol–water partition coefficient (Wildman–Crippen LogP) is 4.75. The van der Waals surface area contributed by atoms with Crippen LogP contribution in [0.4, 0.5) is 0 Å². The Labute approximate surface area is 105 Å². The highest BCUT2D eigenvalue weighted by molar-refractivity contribution is 6.16. The molecule has 0 saturated heterocycles. The molecule has 2 radical (unpaired) electrons. The van der Waals surface area contributed by atoms with Crippen molar-refractivity contribution >= 4 is 32.3 Å². The van der Waals surface area contributed by atoms with E-state index in [-0.39, 0.29) is 0 Å². The van der Waals surface area contributed by atoms with E-state index < -0.39 is 0 Å². The third-order valence-electron chi connectivity index (χ3n) is 3.48. The molecule has 0 aromatic heterocycles. The first-order valence-corrected chi connectivity index (χ1v) is 6.06. The van der Waals surface area contributed by atoms with E-state index in [1.54, 1.807) is 0 Å². The van der Waals surface area contributed by atoms with Gasteiger partial charge in [-0.25, -0.2) is 0 Å². The lowest BCUT2D eigenvalue weighted by molar-refractivity contribution is 1.75. The minimum Gasteiger partial charge on any atom is -0.0616 e. The molecule has 4 aromatic rings. The third kappa shape index (κ3) is 1.26. The number of hydrogen-bond donors (Lipinski definition) is 0. The maximum atomic E-state index is 3.33. The molecule has 0 aliphatic carbocycles. The van der Waals surface area contributed by atoms with Crippen molar-refractivity contribution in [3.63, 3.8) is 0 Å². The molecule has 4 rings (SSSR count). The van der Waals surface area contributed by atoms with Gasteiger partial charge in [0.05, 0.1) is 0 Å². The summed E-state index contributed by atoms with van der Waals surface area (Å²) in [6.45, 7) is 0. The van der Waals surface area contributed by atoms with Crippen molar-refractivity contribution in [2.24, 2.45) is 0 Å². The molecule has 0 aliphatic rings. The fourth-order valence-electron chi connectivity index (χ4n) is 2.62. The van der Waals surface area contributed by atoms with Gasteiger partial charge in [-0.2, -0.15) is 0 Å². The Bertz CT molecular complexity index is 797. The van der Waals surface area contributed by atoms with Crippen molar-refractivity contribution in [1.82, 2.24) is 0 Å². The summed E-state index contributed by atoms with van der Waals surface area (Å²) in [5.74, 6) is 0. The van der Waals surface area contributed by atoms with Crippen LogP contribution in [0.15, 0.2) is 60.7 Å². The van der Waals surface area contributed by atoms with Gasteiger partial charge < -0.3 is 0 Å². The van der Waals surface area contributed by atoms with Crippen molar-refractivity contribution in [3.05, 3.63) is 72.8 Å². The lowest BCUT2D eigenvalue weighted by Crippen LogP contribution is -1.80. The van der Waals surface area contributed by atoms with E-state index in [4.69, 9.17) is 0 Å². The molecule has 0 spiro atoms. The van der Waals surface area contributed by atoms with Crippen molar-refractivity contribution in [3.8, 4) is 0 Å².